The van der Waals surface area contributed by atoms with Gasteiger partial charge in [-0.15, -0.1) is 0 Å². The molecule has 0 amide bonds. The fraction of sp³-hybridized carbons (Fsp3) is 0.893. The van der Waals surface area contributed by atoms with Crippen LogP contribution >= 0.6 is 0 Å². The molecule has 0 N–H and O–H groups in total. The molecule has 7 atom stereocenters. The summed E-state index contributed by atoms with van der Waals surface area (Å²) >= 11 is 0. The van der Waals surface area contributed by atoms with E-state index < -0.39 is 16.6 Å². The van der Waals surface area contributed by atoms with Gasteiger partial charge in [-0.25, -0.2) is 0 Å². The van der Waals surface area contributed by atoms with E-state index >= 15 is 0 Å². The fourth-order valence-corrected chi connectivity index (χ4v) is 10.2. The minimum atomic E-state index is -1.65. The molecule has 34 heavy (non-hydrogen) atoms. The van der Waals surface area contributed by atoms with Crippen LogP contribution in [0.3, 0.4) is 0 Å². The maximum Gasteiger partial charge on any atom is 0.184 e. The molecule has 0 heterocycles. The molecular weight excluding hydrogens is 454 g/mol. The van der Waals surface area contributed by atoms with Gasteiger partial charge in [-0.3, -0.25) is 0 Å². The summed E-state index contributed by atoms with van der Waals surface area (Å²) in [5.41, 5.74) is 3.54. The van der Waals surface area contributed by atoms with E-state index in [1.807, 2.05) is 0 Å². The Balaban J connectivity index is 1.56. The van der Waals surface area contributed by atoms with Gasteiger partial charge < -0.3 is 13.7 Å². The Morgan fingerprint density at radius 3 is 2.32 bits per heavy atom. The lowest BCUT2D eigenvalue weighted by molar-refractivity contribution is -0.0742. The van der Waals surface area contributed by atoms with Gasteiger partial charge in [0.1, 0.15) is 7.11 Å². The van der Waals surface area contributed by atoms with Crippen molar-refractivity contribution in [2.24, 2.45) is 39.7 Å². The van der Waals surface area contributed by atoms with Crippen molar-refractivity contribution < 1.29 is 13.7 Å². The van der Waals surface area contributed by atoms with Crippen molar-refractivity contribution in [2.45, 2.75) is 111 Å². The molecule has 0 bridgehead atoms. The standard InChI is InChI=1S/C28H51NO3Si2/c1-27-16-14-21(29-30-3)18-20(27)10-11-22-23-12-13-25(28(23,2)17-15-24(22)27)26(32-34(7,8)9)19-31-33(4,5)6/h18,22-26H,10-17,19H2,1-9H3/b29-21+/t22-,23-,24-,25+,26-,27-,28-/m0/s1. The molecule has 0 radical (unpaired) electrons. The van der Waals surface area contributed by atoms with E-state index in [9.17, 15) is 0 Å². The number of nitrogens with zero attached hydrogens (tertiary/aromatic N) is 1. The van der Waals surface area contributed by atoms with Crippen LogP contribution in [0.25, 0.3) is 0 Å². The highest BCUT2D eigenvalue weighted by Gasteiger charge is 2.60. The van der Waals surface area contributed by atoms with Crippen LogP contribution in [0.1, 0.15) is 65.2 Å². The average Bonchev–Trinajstić information content (AvgIpc) is 3.07. The molecule has 0 saturated heterocycles. The van der Waals surface area contributed by atoms with Crippen molar-refractivity contribution in [1.82, 2.24) is 0 Å². The smallest absolute Gasteiger partial charge is 0.184 e. The van der Waals surface area contributed by atoms with E-state index in [1.54, 1.807) is 12.7 Å². The average molecular weight is 506 g/mol. The molecule has 0 aromatic rings. The SMILES string of the molecule is CO/N=C1/C=C2CC[C@H]3[C@@H]4CC[C@H]([C@H](CO[Si](C)(C)C)O[Si](C)(C)C)[C@@]4(C)CC[C@@H]3[C@@]2(C)CC1. The Labute approximate surface area is 211 Å². The first-order valence-electron chi connectivity index (χ1n) is 13.9. The van der Waals surface area contributed by atoms with Crippen molar-refractivity contribution in [3.05, 3.63) is 11.6 Å². The number of rotatable bonds is 7. The number of oxime groups is 1. The molecular formula is C28H51NO3Si2. The van der Waals surface area contributed by atoms with Gasteiger partial charge in [-0.05, 0) is 131 Å². The van der Waals surface area contributed by atoms with Crippen LogP contribution in [0.4, 0.5) is 0 Å². The second kappa shape index (κ2) is 9.46. The van der Waals surface area contributed by atoms with Crippen molar-refractivity contribution >= 4 is 22.3 Å². The number of hydrogen-bond acceptors (Lipinski definition) is 4. The molecule has 0 aromatic heterocycles. The predicted molar refractivity (Wildman–Crippen MR) is 147 cm³/mol. The summed E-state index contributed by atoms with van der Waals surface area (Å²) in [5, 5.41) is 4.29. The number of fused-ring (bicyclic) bond motifs is 5. The van der Waals surface area contributed by atoms with Gasteiger partial charge in [-0.1, -0.05) is 24.6 Å². The van der Waals surface area contributed by atoms with Crippen LogP contribution in [-0.4, -0.2) is 42.2 Å². The summed E-state index contributed by atoms with van der Waals surface area (Å²) in [4.78, 5) is 5.11. The molecule has 0 unspecified atom stereocenters. The Hall–Kier alpha value is -0.436. The Bertz CT molecular complexity index is 813. The van der Waals surface area contributed by atoms with Crippen LogP contribution in [0.5, 0.6) is 0 Å². The quantitative estimate of drug-likeness (QED) is 0.264. The molecule has 6 heteroatoms. The highest BCUT2D eigenvalue weighted by molar-refractivity contribution is 6.70. The molecule has 4 rings (SSSR count). The van der Waals surface area contributed by atoms with Crippen LogP contribution in [-0.2, 0) is 13.7 Å². The number of allylic oxidation sites excluding steroid dienone is 2. The molecule has 4 aliphatic carbocycles. The summed E-state index contributed by atoms with van der Waals surface area (Å²) in [6.45, 7) is 20.0. The van der Waals surface area contributed by atoms with E-state index in [1.165, 1.54) is 44.9 Å². The summed E-state index contributed by atoms with van der Waals surface area (Å²) in [7, 11) is -1.55. The van der Waals surface area contributed by atoms with Crippen LogP contribution < -0.4 is 0 Å². The van der Waals surface area contributed by atoms with E-state index in [-0.39, 0.29) is 6.10 Å². The molecule has 0 aliphatic heterocycles. The third kappa shape index (κ3) is 5.16. The minimum Gasteiger partial charge on any atom is -0.415 e. The second-order valence-corrected chi connectivity index (χ2v) is 23.2. The fourth-order valence-electron chi connectivity index (χ4n) is 8.43. The summed E-state index contributed by atoms with van der Waals surface area (Å²) in [6.07, 6.45) is 13.0. The van der Waals surface area contributed by atoms with E-state index in [4.69, 9.17) is 13.7 Å². The third-order valence-corrected chi connectivity index (χ3v) is 11.9. The maximum absolute atomic E-state index is 6.91. The lowest BCUT2D eigenvalue weighted by Crippen LogP contribution is -2.53. The van der Waals surface area contributed by atoms with Gasteiger partial charge >= 0.3 is 0 Å². The molecule has 0 spiro atoms. The van der Waals surface area contributed by atoms with Crippen molar-refractivity contribution in [2.75, 3.05) is 13.7 Å². The van der Waals surface area contributed by atoms with Crippen molar-refractivity contribution in [3.63, 3.8) is 0 Å². The van der Waals surface area contributed by atoms with Gasteiger partial charge in [0.2, 0.25) is 0 Å². The normalized spacial score (nSPS) is 40.3. The van der Waals surface area contributed by atoms with Crippen molar-refractivity contribution in [1.29, 1.82) is 0 Å². The number of hydrogen-bond donors (Lipinski definition) is 0. The minimum absolute atomic E-state index is 0.266. The Morgan fingerprint density at radius 1 is 0.941 bits per heavy atom. The first-order chi connectivity index (χ1) is 15.8. The van der Waals surface area contributed by atoms with Gasteiger partial charge in [0.15, 0.2) is 16.6 Å². The summed E-state index contributed by atoms with van der Waals surface area (Å²) < 4.78 is 13.4. The lowest BCUT2D eigenvalue weighted by atomic mass is 9.46. The molecule has 194 valence electrons. The lowest BCUT2D eigenvalue weighted by Gasteiger charge is -2.58. The van der Waals surface area contributed by atoms with Crippen LogP contribution in [0.15, 0.2) is 16.8 Å². The first-order valence-corrected chi connectivity index (χ1v) is 20.7. The molecule has 3 fully saturated rings. The maximum atomic E-state index is 6.91. The Morgan fingerprint density at radius 2 is 1.68 bits per heavy atom. The van der Waals surface area contributed by atoms with E-state index in [0.717, 1.165) is 36.5 Å². The topological polar surface area (TPSA) is 40.0 Å². The summed E-state index contributed by atoms with van der Waals surface area (Å²) in [6, 6.07) is 0. The highest BCUT2D eigenvalue weighted by Crippen LogP contribution is 2.67. The third-order valence-electron chi connectivity index (χ3n) is 9.89. The highest BCUT2D eigenvalue weighted by atomic mass is 28.4. The molecule has 4 nitrogen and oxygen atoms in total. The van der Waals surface area contributed by atoms with Crippen LogP contribution in [0, 0.1) is 34.5 Å². The summed E-state index contributed by atoms with van der Waals surface area (Å²) in [5.74, 6) is 3.15. The first kappa shape index (κ1) is 26.6. The zero-order valence-corrected chi connectivity index (χ0v) is 25.5. The van der Waals surface area contributed by atoms with E-state index in [2.05, 4.69) is 64.4 Å². The zero-order valence-electron chi connectivity index (χ0n) is 23.5. The molecule has 3 saturated carbocycles. The van der Waals surface area contributed by atoms with Gasteiger partial charge in [0.25, 0.3) is 0 Å². The van der Waals surface area contributed by atoms with Gasteiger partial charge in [-0.2, -0.15) is 0 Å². The van der Waals surface area contributed by atoms with Gasteiger partial charge in [0.05, 0.1) is 18.4 Å². The monoisotopic (exact) mass is 505 g/mol. The molecule has 0 aromatic carbocycles. The Kier molecular flexibility index (Phi) is 7.41. The zero-order chi connectivity index (χ0) is 24.9. The van der Waals surface area contributed by atoms with Crippen LogP contribution in [0.2, 0.25) is 39.3 Å². The van der Waals surface area contributed by atoms with Gasteiger partial charge in [0, 0.05) is 0 Å². The van der Waals surface area contributed by atoms with E-state index in [0.29, 0.717) is 16.7 Å². The largest absolute Gasteiger partial charge is 0.415 e. The second-order valence-electron chi connectivity index (χ2n) is 14.2. The predicted octanol–water partition coefficient (Wildman–Crippen LogP) is 7.64. The molecule has 4 aliphatic rings. The van der Waals surface area contributed by atoms with Crippen molar-refractivity contribution in [3.8, 4) is 0 Å².